The van der Waals surface area contributed by atoms with Gasteiger partial charge in [-0.15, -0.1) is 0 Å². The summed E-state index contributed by atoms with van der Waals surface area (Å²) in [5, 5.41) is 0. The first-order valence-corrected chi connectivity index (χ1v) is 0. The first-order chi connectivity index (χ1) is 0. The van der Waals surface area contributed by atoms with E-state index in [1.165, 1.54) is 0 Å². The molecule has 0 fully saturated rings. The van der Waals surface area contributed by atoms with Crippen LogP contribution in [0.3, 0.4) is 0 Å². The predicted molar refractivity (Wildman–Crippen MR) is 23.8 cm³/mol. The molecule has 0 bridgehead atoms. The van der Waals surface area contributed by atoms with Gasteiger partial charge in [-0.05, 0) is 0 Å². The average Bonchev–Trinajstić information content (AvgIpc) is 0. The van der Waals surface area contributed by atoms with E-state index in [4.69, 9.17) is 0 Å². The van der Waals surface area contributed by atoms with Gasteiger partial charge in [0.15, 0.2) is 0 Å². The Bertz CT molecular complexity index is 10.4. The van der Waals surface area contributed by atoms with Crippen molar-refractivity contribution in [2.24, 2.45) is 0 Å². The molecule has 10 N–H and O–H groups in total. The molecule has 0 unspecified atom stereocenters. The third-order valence-electron chi connectivity index (χ3n) is 0. The zero-order valence-electron chi connectivity index (χ0n) is 4.15. The summed E-state index contributed by atoms with van der Waals surface area (Å²) in [6.45, 7) is 0. The molecular weight excluding hydrogens is 286 g/mol. The standard InChI is InChI=1S/5H2O.Si.2Y/h5*1H2;;;. The molecule has 0 heterocycles. The van der Waals surface area contributed by atoms with Gasteiger partial charge in [0.25, 0.3) is 0 Å². The van der Waals surface area contributed by atoms with Gasteiger partial charge in [0, 0.05) is 76.4 Å². The summed E-state index contributed by atoms with van der Waals surface area (Å²) in [7, 11) is 0. The number of hydrogen-bond acceptors (Lipinski definition) is 0. The summed E-state index contributed by atoms with van der Waals surface area (Å²) in [5.41, 5.74) is 0. The molecule has 8 heteroatoms. The number of hydrogen-bond donors (Lipinski definition) is 0. The van der Waals surface area contributed by atoms with Crippen molar-refractivity contribution in [1.29, 1.82) is 0 Å². The summed E-state index contributed by atoms with van der Waals surface area (Å²) < 4.78 is 0. The molecule has 0 aliphatic carbocycles. The molecule has 6 radical (unpaired) electrons. The predicted octanol–water partition coefficient (Wildman–Crippen LogP) is -4.51. The van der Waals surface area contributed by atoms with Gasteiger partial charge in [-0.25, -0.2) is 0 Å². The Labute approximate surface area is 102 Å². The Balaban J connectivity index is 0. The van der Waals surface area contributed by atoms with Crippen molar-refractivity contribution < 1.29 is 92.8 Å². The molecule has 0 atom stereocenters. The monoisotopic (exact) mass is 296 g/mol. The van der Waals surface area contributed by atoms with Gasteiger partial charge in [-0.2, -0.15) is 0 Å². The van der Waals surface area contributed by atoms with Gasteiger partial charge in [0.2, 0.25) is 0 Å². The minimum absolute atomic E-state index is 0. The molecule has 0 aliphatic heterocycles. The fourth-order valence-electron chi connectivity index (χ4n) is 0. The Kier molecular flexibility index (Phi) is 2770. The average molecular weight is 296 g/mol. The summed E-state index contributed by atoms with van der Waals surface area (Å²) in [6, 6.07) is 0. The van der Waals surface area contributed by atoms with E-state index in [-0.39, 0.29) is 104 Å². The van der Waals surface area contributed by atoms with Crippen molar-refractivity contribution in [1.82, 2.24) is 0 Å². The van der Waals surface area contributed by atoms with E-state index in [1.54, 1.807) is 0 Å². The molecule has 50 valence electrons. The minimum Gasteiger partial charge on any atom is -0.412 e. The van der Waals surface area contributed by atoms with Crippen molar-refractivity contribution in [2.45, 2.75) is 0 Å². The van der Waals surface area contributed by atoms with Crippen molar-refractivity contribution >= 4 is 11.0 Å². The molecule has 0 amide bonds. The second-order valence-electron chi connectivity index (χ2n) is 0. The van der Waals surface area contributed by atoms with Crippen LogP contribution in [0, 0.1) is 0 Å². The van der Waals surface area contributed by atoms with Crippen LogP contribution in [-0.2, 0) is 65.4 Å². The zero-order valence-corrected chi connectivity index (χ0v) is 10.8. The first kappa shape index (κ1) is 176. The molecule has 0 aromatic rings. The van der Waals surface area contributed by atoms with Crippen LogP contribution in [0.5, 0.6) is 0 Å². The Morgan fingerprint density at radius 1 is 0.375 bits per heavy atom. The Morgan fingerprint density at radius 2 is 0.375 bits per heavy atom. The quantitative estimate of drug-likeness (QED) is 0.395. The number of rotatable bonds is 0. The van der Waals surface area contributed by atoms with Gasteiger partial charge >= 0.3 is 0 Å². The Morgan fingerprint density at radius 3 is 0.375 bits per heavy atom. The molecule has 0 rings (SSSR count). The van der Waals surface area contributed by atoms with Crippen LogP contribution in [0.25, 0.3) is 0 Å². The zero-order chi connectivity index (χ0) is 0. The van der Waals surface area contributed by atoms with Gasteiger partial charge in [-0.1, -0.05) is 0 Å². The van der Waals surface area contributed by atoms with Gasteiger partial charge < -0.3 is 27.4 Å². The SMILES string of the molecule is O.O.O.O.O.[Si].[Y].[Y]. The summed E-state index contributed by atoms with van der Waals surface area (Å²) in [4.78, 5) is 0. The third-order valence-corrected chi connectivity index (χ3v) is 0. The third kappa shape index (κ3) is 86.7. The molecule has 0 aromatic heterocycles. The fraction of sp³-hybridized carbons (Fsp3) is 0. The van der Waals surface area contributed by atoms with Crippen LogP contribution in [0.2, 0.25) is 0 Å². The van der Waals surface area contributed by atoms with Crippen LogP contribution in [-0.4, -0.2) is 38.3 Å². The molecule has 0 saturated carbocycles. The molecule has 0 spiro atoms. The van der Waals surface area contributed by atoms with Gasteiger partial charge in [-0.3, -0.25) is 0 Å². The summed E-state index contributed by atoms with van der Waals surface area (Å²) in [6.07, 6.45) is 0. The van der Waals surface area contributed by atoms with Crippen molar-refractivity contribution in [3.63, 3.8) is 0 Å². The van der Waals surface area contributed by atoms with E-state index in [2.05, 4.69) is 0 Å². The molecule has 0 aliphatic rings. The van der Waals surface area contributed by atoms with Crippen LogP contribution >= 0.6 is 0 Å². The van der Waals surface area contributed by atoms with E-state index in [1.807, 2.05) is 0 Å². The summed E-state index contributed by atoms with van der Waals surface area (Å²) >= 11 is 0. The van der Waals surface area contributed by atoms with E-state index >= 15 is 0 Å². The second-order valence-corrected chi connectivity index (χ2v) is 0. The maximum atomic E-state index is 0. The van der Waals surface area contributed by atoms with Crippen LogP contribution in [0.15, 0.2) is 0 Å². The van der Waals surface area contributed by atoms with E-state index in [0.717, 1.165) is 0 Å². The molecule has 0 saturated heterocycles. The van der Waals surface area contributed by atoms with E-state index in [0.29, 0.717) is 0 Å². The molecule has 0 aromatic carbocycles. The van der Waals surface area contributed by atoms with Crippen LogP contribution in [0.1, 0.15) is 0 Å². The van der Waals surface area contributed by atoms with Gasteiger partial charge in [0.1, 0.15) is 0 Å². The van der Waals surface area contributed by atoms with Crippen LogP contribution < -0.4 is 0 Å². The largest absolute Gasteiger partial charge is 0.412 e. The van der Waals surface area contributed by atoms with E-state index < -0.39 is 0 Å². The second kappa shape index (κ2) is 126. The van der Waals surface area contributed by atoms with Crippen molar-refractivity contribution in [3.8, 4) is 0 Å². The molecule has 8 heavy (non-hydrogen) atoms. The molecule has 5 nitrogen and oxygen atoms in total. The smallest absolute Gasteiger partial charge is 0 e. The van der Waals surface area contributed by atoms with Gasteiger partial charge in [0.05, 0.1) is 0 Å². The maximum absolute atomic E-state index is 0. The van der Waals surface area contributed by atoms with Crippen molar-refractivity contribution in [3.05, 3.63) is 0 Å². The fourth-order valence-corrected chi connectivity index (χ4v) is 0. The van der Waals surface area contributed by atoms with Crippen LogP contribution in [0.4, 0.5) is 0 Å². The normalized spacial score (nSPS) is 0. The molecular formula is H10O5SiY2. The Hall–Kier alpha value is 2.22. The maximum Gasteiger partial charge on any atom is 0 e. The van der Waals surface area contributed by atoms with Crippen molar-refractivity contribution in [2.75, 3.05) is 0 Å². The minimum atomic E-state index is 0. The van der Waals surface area contributed by atoms with E-state index in [9.17, 15) is 0 Å². The topological polar surface area (TPSA) is 158 Å². The first-order valence-electron chi connectivity index (χ1n) is 0. The summed E-state index contributed by atoms with van der Waals surface area (Å²) in [5.74, 6) is 0.